The van der Waals surface area contributed by atoms with Gasteiger partial charge in [-0.05, 0) is 62.5 Å². The molecule has 0 spiro atoms. The van der Waals surface area contributed by atoms with Crippen LogP contribution in [0, 0.1) is 0 Å². The maximum Gasteiger partial charge on any atom is 0.245 e. The molecule has 2 fully saturated rings. The normalized spacial score (nSPS) is 17.9. The zero-order valence-corrected chi connectivity index (χ0v) is 25.1. The van der Waals surface area contributed by atoms with Crippen LogP contribution in [-0.4, -0.2) is 92.1 Å². The lowest BCUT2D eigenvalue weighted by molar-refractivity contribution is -0.141. The van der Waals surface area contributed by atoms with E-state index in [0.29, 0.717) is 47.7 Å². The van der Waals surface area contributed by atoms with E-state index in [9.17, 15) is 14.0 Å². The van der Waals surface area contributed by atoms with Gasteiger partial charge in [0.25, 0.3) is 0 Å². The maximum atomic E-state index is 13.6. The van der Waals surface area contributed by atoms with E-state index in [1.165, 1.54) is 0 Å². The molecule has 0 N–H and O–H groups in total. The molecule has 4 aromatic rings. The summed E-state index contributed by atoms with van der Waals surface area (Å²) in [5.74, 6) is 0.527. The maximum absolute atomic E-state index is 13.6. The average Bonchev–Trinajstić information content (AvgIpc) is 3.64. The molecule has 0 unspecified atom stereocenters. The second-order valence-corrected chi connectivity index (χ2v) is 12.0. The Balaban J connectivity index is 1.35. The molecular formula is C31H36FN7O2S. The Morgan fingerprint density at radius 1 is 1.14 bits per heavy atom. The van der Waals surface area contributed by atoms with Crippen molar-refractivity contribution < 1.29 is 14.0 Å². The molecule has 0 aliphatic carbocycles. The molecule has 220 valence electrons. The largest absolute Gasteiger partial charge is 0.344 e. The summed E-state index contributed by atoms with van der Waals surface area (Å²) in [5, 5.41) is 6.52. The Morgan fingerprint density at radius 2 is 1.95 bits per heavy atom. The number of anilines is 1. The molecule has 0 radical (unpaired) electrons. The number of pyridine rings is 1. The number of fused-ring (bicyclic) bond motifs is 1. The molecule has 2 saturated heterocycles. The van der Waals surface area contributed by atoms with E-state index in [2.05, 4.69) is 30.8 Å². The van der Waals surface area contributed by atoms with Crippen molar-refractivity contribution in [3.8, 4) is 21.8 Å². The number of rotatable bonds is 11. The summed E-state index contributed by atoms with van der Waals surface area (Å²) in [5.41, 5.74) is 3.34. The van der Waals surface area contributed by atoms with E-state index in [1.807, 2.05) is 40.7 Å². The van der Waals surface area contributed by atoms with Gasteiger partial charge in [-0.15, -0.1) is 11.3 Å². The number of carbonyl (C=O) groups excluding carboxylic acids is 2. The predicted molar refractivity (Wildman–Crippen MR) is 163 cm³/mol. The van der Waals surface area contributed by atoms with Crippen molar-refractivity contribution in [1.29, 1.82) is 0 Å². The van der Waals surface area contributed by atoms with Gasteiger partial charge in [-0.2, -0.15) is 5.10 Å². The molecule has 9 nitrogen and oxygen atoms in total. The molecule has 2 atom stereocenters. The molecule has 0 saturated carbocycles. The first-order chi connectivity index (χ1) is 20.4. The molecule has 1 amide bonds. The molecule has 11 heteroatoms. The average molecular weight is 590 g/mol. The van der Waals surface area contributed by atoms with Crippen LogP contribution < -0.4 is 4.90 Å². The number of carbonyl (C=O) groups is 2. The van der Waals surface area contributed by atoms with E-state index in [-0.39, 0.29) is 30.8 Å². The minimum atomic E-state index is -0.950. The Kier molecular flexibility index (Phi) is 8.04. The topological polar surface area (TPSA) is 86.9 Å². The third kappa shape index (κ3) is 5.43. The molecule has 42 heavy (non-hydrogen) atoms. The lowest BCUT2D eigenvalue weighted by Gasteiger charge is -2.45. The summed E-state index contributed by atoms with van der Waals surface area (Å²) in [6, 6.07) is 9.46. The fourth-order valence-electron chi connectivity index (χ4n) is 5.82. The van der Waals surface area contributed by atoms with Crippen LogP contribution in [0.3, 0.4) is 0 Å². The summed E-state index contributed by atoms with van der Waals surface area (Å²) in [6.07, 6.45) is 4.48. The molecule has 6 heterocycles. The lowest BCUT2D eigenvalue weighted by Crippen LogP contribution is -2.62. The fraction of sp³-hybridized carbons (Fsp3) is 0.452. The highest BCUT2D eigenvalue weighted by Gasteiger charge is 2.42. The molecule has 2 aliphatic rings. The highest BCUT2D eigenvalue weighted by molar-refractivity contribution is 7.13. The fourth-order valence-corrected chi connectivity index (χ4v) is 6.52. The van der Waals surface area contributed by atoms with Gasteiger partial charge < -0.3 is 14.7 Å². The first-order valence-corrected chi connectivity index (χ1v) is 15.6. The molecule has 2 aliphatic heterocycles. The van der Waals surface area contributed by atoms with E-state index in [0.717, 1.165) is 30.1 Å². The van der Waals surface area contributed by atoms with Gasteiger partial charge in [-0.3, -0.25) is 9.59 Å². The Bertz CT molecular complexity index is 1580. The van der Waals surface area contributed by atoms with Crippen molar-refractivity contribution in [3.63, 3.8) is 0 Å². The van der Waals surface area contributed by atoms with Crippen molar-refractivity contribution in [3.05, 3.63) is 53.7 Å². The van der Waals surface area contributed by atoms with Crippen LogP contribution in [-0.2, 0) is 4.79 Å². The highest BCUT2D eigenvalue weighted by atomic mass is 32.1. The van der Waals surface area contributed by atoms with Crippen molar-refractivity contribution in [2.75, 3.05) is 37.6 Å². The first-order valence-electron chi connectivity index (χ1n) is 14.7. The molecule has 4 aromatic heterocycles. The molecular weight excluding hydrogens is 553 g/mol. The van der Waals surface area contributed by atoms with Crippen LogP contribution in [0.4, 0.5) is 10.2 Å². The number of amides is 1. The minimum absolute atomic E-state index is 0.0361. The van der Waals surface area contributed by atoms with Crippen molar-refractivity contribution in [2.45, 2.75) is 58.3 Å². The van der Waals surface area contributed by atoms with E-state index >= 15 is 0 Å². The number of nitrogens with zero attached hydrogens (tertiary/aromatic N) is 7. The van der Waals surface area contributed by atoms with E-state index < -0.39 is 12.2 Å². The smallest absolute Gasteiger partial charge is 0.245 e. The number of halogens is 1. The minimum Gasteiger partial charge on any atom is -0.344 e. The van der Waals surface area contributed by atoms with Gasteiger partial charge in [0.15, 0.2) is 11.4 Å². The monoisotopic (exact) mass is 589 g/mol. The van der Waals surface area contributed by atoms with Crippen LogP contribution in [0.2, 0.25) is 0 Å². The molecule has 6 rings (SSSR count). The van der Waals surface area contributed by atoms with Gasteiger partial charge >= 0.3 is 0 Å². The summed E-state index contributed by atoms with van der Waals surface area (Å²) < 4.78 is 15.2. The van der Waals surface area contributed by atoms with E-state index in [4.69, 9.17) is 9.97 Å². The van der Waals surface area contributed by atoms with Crippen molar-refractivity contribution in [2.24, 2.45) is 0 Å². The summed E-state index contributed by atoms with van der Waals surface area (Å²) in [7, 11) is 0. The number of likely N-dealkylation sites (tertiary alicyclic amines) is 1. The van der Waals surface area contributed by atoms with Crippen LogP contribution in [0.1, 0.15) is 50.4 Å². The second kappa shape index (κ2) is 11.9. The van der Waals surface area contributed by atoms with Gasteiger partial charge in [0.05, 0.1) is 41.1 Å². The van der Waals surface area contributed by atoms with Gasteiger partial charge in [-0.25, -0.2) is 18.9 Å². The van der Waals surface area contributed by atoms with Crippen molar-refractivity contribution in [1.82, 2.24) is 29.4 Å². The Morgan fingerprint density at radius 3 is 2.62 bits per heavy atom. The van der Waals surface area contributed by atoms with Crippen LogP contribution in [0.15, 0.2) is 48.1 Å². The third-order valence-electron chi connectivity index (χ3n) is 8.53. The number of Topliss-reactive ketones (excluding diaryl/α,β-unsaturated/α-hetero) is 1. The Hall–Kier alpha value is -3.70. The summed E-state index contributed by atoms with van der Waals surface area (Å²) >= 11 is 1.61. The second-order valence-electron chi connectivity index (χ2n) is 11.1. The quantitative estimate of drug-likeness (QED) is 0.228. The predicted octanol–water partition coefficient (Wildman–Crippen LogP) is 4.97. The zero-order chi connectivity index (χ0) is 29.4. The van der Waals surface area contributed by atoms with Gasteiger partial charge in [-0.1, -0.05) is 19.9 Å². The van der Waals surface area contributed by atoms with Gasteiger partial charge in [0, 0.05) is 30.8 Å². The highest BCUT2D eigenvalue weighted by Crippen LogP contribution is 2.33. The van der Waals surface area contributed by atoms with Gasteiger partial charge in [0.1, 0.15) is 18.0 Å². The standard InChI is InChI=1S/C31H36FN7O2S/c1-4-36(5-2)20(3)8-9-27(40)21-15-25(23-17-33-39-13-10-24(35-30(23)39)28-7-6-14-42-28)34-29(16-21)38-12-11-26(38)31(41)37-18-22(32)19-37/h6-7,10,13-17,20,22,26H,4-5,8-9,11-12,18-19H2,1-3H3/t20-,26-/m0/s1. The number of aromatic nitrogens is 4. The number of hydrogen-bond donors (Lipinski definition) is 0. The zero-order valence-electron chi connectivity index (χ0n) is 24.2. The number of thiophene rings is 1. The number of hydrogen-bond acceptors (Lipinski definition) is 8. The molecule has 0 bridgehead atoms. The lowest BCUT2D eigenvalue weighted by atomic mass is 9.97. The van der Waals surface area contributed by atoms with Crippen LogP contribution >= 0.6 is 11.3 Å². The van der Waals surface area contributed by atoms with E-state index in [1.54, 1.807) is 33.0 Å². The molecule has 0 aromatic carbocycles. The SMILES string of the molecule is CCN(CC)[C@@H](C)CCC(=O)c1cc(-c2cnn3ccc(-c4cccs4)nc23)nc(N2CC[C@H]2C(=O)N2CC(F)C2)c1. The summed E-state index contributed by atoms with van der Waals surface area (Å²) in [4.78, 5) is 43.5. The number of ketones is 1. The Labute approximate surface area is 249 Å². The number of alkyl halides is 1. The van der Waals surface area contributed by atoms with Crippen LogP contribution in [0.5, 0.6) is 0 Å². The first kappa shape index (κ1) is 28.4. The van der Waals surface area contributed by atoms with Crippen molar-refractivity contribution >= 4 is 34.5 Å². The summed E-state index contributed by atoms with van der Waals surface area (Å²) in [6.45, 7) is 9.24. The third-order valence-corrected chi connectivity index (χ3v) is 9.42. The van der Waals surface area contributed by atoms with Crippen LogP contribution in [0.25, 0.3) is 27.5 Å². The van der Waals surface area contributed by atoms with Gasteiger partial charge in [0.2, 0.25) is 5.91 Å².